The SMILES string of the molecule is O=C(NCc1ccccc1)c1ccccc1NC(=O)c1ccccc1OCCc1ccccc1. The van der Waals surface area contributed by atoms with Crippen molar-refractivity contribution in [3.63, 3.8) is 0 Å². The molecule has 0 aliphatic carbocycles. The highest BCUT2D eigenvalue weighted by molar-refractivity contribution is 6.10. The molecule has 0 aromatic heterocycles. The van der Waals surface area contributed by atoms with Gasteiger partial charge < -0.3 is 15.4 Å². The van der Waals surface area contributed by atoms with Gasteiger partial charge in [-0.2, -0.15) is 0 Å². The Bertz CT molecular complexity index is 1240. The molecular weight excluding hydrogens is 424 g/mol. The van der Waals surface area contributed by atoms with E-state index in [1.807, 2.05) is 66.7 Å². The third kappa shape index (κ3) is 6.11. The number of anilines is 1. The highest BCUT2D eigenvalue weighted by atomic mass is 16.5. The van der Waals surface area contributed by atoms with E-state index in [-0.39, 0.29) is 11.8 Å². The first-order valence-electron chi connectivity index (χ1n) is 11.2. The van der Waals surface area contributed by atoms with E-state index in [4.69, 9.17) is 4.74 Å². The van der Waals surface area contributed by atoms with Crippen molar-refractivity contribution in [2.75, 3.05) is 11.9 Å². The van der Waals surface area contributed by atoms with Gasteiger partial charge in [-0.3, -0.25) is 9.59 Å². The molecule has 0 aliphatic rings. The van der Waals surface area contributed by atoms with E-state index in [1.165, 1.54) is 5.56 Å². The van der Waals surface area contributed by atoms with Crippen LogP contribution in [-0.4, -0.2) is 18.4 Å². The average molecular weight is 451 g/mol. The van der Waals surface area contributed by atoms with Gasteiger partial charge in [0.1, 0.15) is 5.75 Å². The summed E-state index contributed by atoms with van der Waals surface area (Å²) in [6.07, 6.45) is 0.737. The number of hydrogen-bond donors (Lipinski definition) is 2. The van der Waals surface area contributed by atoms with Gasteiger partial charge in [-0.05, 0) is 35.4 Å². The Morgan fingerprint density at radius 3 is 1.94 bits per heavy atom. The van der Waals surface area contributed by atoms with Crippen LogP contribution in [0.2, 0.25) is 0 Å². The van der Waals surface area contributed by atoms with Crippen LogP contribution in [0.3, 0.4) is 0 Å². The third-order valence-electron chi connectivity index (χ3n) is 5.34. The van der Waals surface area contributed by atoms with Gasteiger partial charge in [-0.25, -0.2) is 0 Å². The second kappa shape index (κ2) is 11.5. The van der Waals surface area contributed by atoms with Crippen molar-refractivity contribution in [1.82, 2.24) is 5.32 Å². The van der Waals surface area contributed by atoms with E-state index < -0.39 is 0 Å². The maximum Gasteiger partial charge on any atom is 0.259 e. The molecule has 0 aliphatic heterocycles. The molecule has 170 valence electrons. The molecular formula is C29H26N2O3. The third-order valence-corrected chi connectivity index (χ3v) is 5.34. The number of carbonyl (C=O) groups is 2. The fourth-order valence-corrected chi connectivity index (χ4v) is 3.56. The van der Waals surface area contributed by atoms with Gasteiger partial charge >= 0.3 is 0 Å². The summed E-state index contributed by atoms with van der Waals surface area (Å²) in [5, 5.41) is 5.78. The number of para-hydroxylation sites is 2. The summed E-state index contributed by atoms with van der Waals surface area (Å²) < 4.78 is 5.93. The minimum atomic E-state index is -0.335. The first-order valence-corrected chi connectivity index (χ1v) is 11.2. The van der Waals surface area contributed by atoms with Crippen molar-refractivity contribution >= 4 is 17.5 Å². The van der Waals surface area contributed by atoms with Crippen LogP contribution in [0.15, 0.2) is 109 Å². The lowest BCUT2D eigenvalue weighted by Gasteiger charge is -2.14. The van der Waals surface area contributed by atoms with Crippen LogP contribution in [-0.2, 0) is 13.0 Å². The van der Waals surface area contributed by atoms with Gasteiger partial charge in [0.05, 0.1) is 23.4 Å². The highest BCUT2D eigenvalue weighted by Crippen LogP contribution is 2.22. The summed E-state index contributed by atoms with van der Waals surface area (Å²) in [7, 11) is 0. The molecule has 0 spiro atoms. The predicted octanol–water partition coefficient (Wildman–Crippen LogP) is 5.49. The highest BCUT2D eigenvalue weighted by Gasteiger charge is 2.16. The number of ether oxygens (including phenoxy) is 1. The molecule has 0 radical (unpaired) electrons. The molecule has 4 aromatic carbocycles. The zero-order valence-electron chi connectivity index (χ0n) is 18.7. The minimum Gasteiger partial charge on any atom is -0.492 e. The number of rotatable bonds is 9. The summed E-state index contributed by atoms with van der Waals surface area (Å²) in [6.45, 7) is 0.854. The number of carbonyl (C=O) groups excluding carboxylic acids is 2. The summed E-state index contributed by atoms with van der Waals surface area (Å²) in [4.78, 5) is 25.9. The van der Waals surface area contributed by atoms with Crippen LogP contribution in [0, 0.1) is 0 Å². The maximum absolute atomic E-state index is 13.1. The fraction of sp³-hybridized carbons (Fsp3) is 0.103. The van der Waals surface area contributed by atoms with Crippen LogP contribution in [0.5, 0.6) is 5.75 Å². The first-order chi connectivity index (χ1) is 16.7. The van der Waals surface area contributed by atoms with Crippen LogP contribution in [0.4, 0.5) is 5.69 Å². The number of amides is 2. The van der Waals surface area contributed by atoms with E-state index in [9.17, 15) is 9.59 Å². The Balaban J connectivity index is 1.42. The van der Waals surface area contributed by atoms with Gasteiger partial charge in [0.2, 0.25) is 0 Å². The Morgan fingerprint density at radius 2 is 1.21 bits per heavy atom. The molecule has 0 bridgehead atoms. The Kier molecular flexibility index (Phi) is 7.70. The van der Waals surface area contributed by atoms with Crippen molar-refractivity contribution in [3.8, 4) is 5.75 Å². The van der Waals surface area contributed by atoms with E-state index >= 15 is 0 Å². The summed E-state index contributed by atoms with van der Waals surface area (Å²) in [6, 6.07) is 33.8. The standard InChI is InChI=1S/C29H26N2O3/c32-28(30-21-23-13-5-2-6-14-23)24-15-7-9-17-26(24)31-29(33)25-16-8-10-18-27(25)34-20-19-22-11-3-1-4-12-22/h1-18H,19-21H2,(H,30,32)(H,31,33). The second-order valence-electron chi connectivity index (χ2n) is 7.75. The van der Waals surface area contributed by atoms with Crippen molar-refractivity contribution in [3.05, 3.63) is 131 Å². The number of nitrogens with one attached hydrogen (secondary N) is 2. The van der Waals surface area contributed by atoms with E-state index in [1.54, 1.807) is 42.5 Å². The van der Waals surface area contributed by atoms with E-state index in [0.29, 0.717) is 35.7 Å². The molecule has 0 heterocycles. The average Bonchev–Trinajstić information content (AvgIpc) is 2.89. The Labute approximate surface area is 199 Å². The molecule has 0 atom stereocenters. The van der Waals surface area contributed by atoms with Crippen LogP contribution in [0.25, 0.3) is 0 Å². The lowest BCUT2D eigenvalue weighted by molar-refractivity contribution is 0.0952. The van der Waals surface area contributed by atoms with Crippen molar-refractivity contribution in [1.29, 1.82) is 0 Å². The largest absolute Gasteiger partial charge is 0.492 e. The molecule has 5 heteroatoms. The van der Waals surface area contributed by atoms with Gasteiger partial charge in [-0.1, -0.05) is 84.9 Å². The van der Waals surface area contributed by atoms with Crippen LogP contribution < -0.4 is 15.4 Å². The van der Waals surface area contributed by atoms with Gasteiger partial charge in [0.25, 0.3) is 11.8 Å². The molecule has 0 saturated carbocycles. The Hall–Kier alpha value is -4.38. The molecule has 34 heavy (non-hydrogen) atoms. The molecule has 0 saturated heterocycles. The molecule has 2 amide bonds. The molecule has 4 aromatic rings. The first kappa shape index (κ1) is 22.8. The molecule has 5 nitrogen and oxygen atoms in total. The fourth-order valence-electron chi connectivity index (χ4n) is 3.56. The summed E-state index contributed by atoms with van der Waals surface area (Å²) in [5.41, 5.74) is 3.42. The maximum atomic E-state index is 13.1. The molecule has 0 fully saturated rings. The van der Waals surface area contributed by atoms with E-state index in [2.05, 4.69) is 10.6 Å². The van der Waals surface area contributed by atoms with Crippen LogP contribution in [0.1, 0.15) is 31.8 Å². The zero-order chi connectivity index (χ0) is 23.6. The van der Waals surface area contributed by atoms with Crippen molar-refractivity contribution < 1.29 is 14.3 Å². The topological polar surface area (TPSA) is 67.4 Å². The summed E-state index contributed by atoms with van der Waals surface area (Å²) >= 11 is 0. The Morgan fingerprint density at radius 1 is 0.618 bits per heavy atom. The quantitative estimate of drug-likeness (QED) is 0.354. The normalized spacial score (nSPS) is 10.4. The number of benzene rings is 4. The zero-order valence-corrected chi connectivity index (χ0v) is 18.7. The van der Waals surface area contributed by atoms with Crippen molar-refractivity contribution in [2.24, 2.45) is 0 Å². The molecule has 2 N–H and O–H groups in total. The smallest absolute Gasteiger partial charge is 0.259 e. The lowest BCUT2D eigenvalue weighted by atomic mass is 10.1. The lowest BCUT2D eigenvalue weighted by Crippen LogP contribution is -2.25. The number of hydrogen-bond acceptors (Lipinski definition) is 3. The second-order valence-corrected chi connectivity index (χ2v) is 7.75. The van der Waals surface area contributed by atoms with Crippen molar-refractivity contribution in [2.45, 2.75) is 13.0 Å². The predicted molar refractivity (Wildman–Crippen MR) is 134 cm³/mol. The van der Waals surface area contributed by atoms with Gasteiger partial charge in [0, 0.05) is 13.0 Å². The van der Waals surface area contributed by atoms with Gasteiger partial charge in [-0.15, -0.1) is 0 Å². The minimum absolute atomic E-state index is 0.257. The molecule has 0 unspecified atom stereocenters. The van der Waals surface area contributed by atoms with Crippen LogP contribution >= 0.6 is 0 Å². The van der Waals surface area contributed by atoms with Gasteiger partial charge in [0.15, 0.2) is 0 Å². The monoisotopic (exact) mass is 450 g/mol. The molecule has 4 rings (SSSR count). The summed E-state index contributed by atoms with van der Waals surface area (Å²) in [5.74, 6) is -0.0901. The van der Waals surface area contributed by atoms with E-state index in [0.717, 1.165) is 12.0 Å².